The van der Waals surface area contributed by atoms with Crippen LogP contribution in [0.3, 0.4) is 0 Å². The Labute approximate surface area is 101 Å². The van der Waals surface area contributed by atoms with Gasteiger partial charge >= 0.3 is 12.1 Å². The van der Waals surface area contributed by atoms with Gasteiger partial charge in [-0.25, -0.2) is 9.59 Å². The molecule has 1 saturated carbocycles. The summed E-state index contributed by atoms with van der Waals surface area (Å²) in [5.74, 6) is -0.445. The summed E-state index contributed by atoms with van der Waals surface area (Å²) in [6.07, 6.45) is 1.87. The van der Waals surface area contributed by atoms with Gasteiger partial charge in [-0.15, -0.1) is 0 Å². The summed E-state index contributed by atoms with van der Waals surface area (Å²) in [4.78, 5) is 24.6. The van der Waals surface area contributed by atoms with Crippen LogP contribution in [0.25, 0.3) is 0 Å². The summed E-state index contributed by atoms with van der Waals surface area (Å²) < 4.78 is 5.28. The van der Waals surface area contributed by atoms with Crippen LogP contribution in [0.15, 0.2) is 0 Å². The van der Waals surface area contributed by atoms with E-state index in [0.29, 0.717) is 12.3 Å². The van der Waals surface area contributed by atoms with E-state index in [1.807, 2.05) is 0 Å². The van der Waals surface area contributed by atoms with E-state index in [9.17, 15) is 9.59 Å². The summed E-state index contributed by atoms with van der Waals surface area (Å²) in [6, 6.07) is -0.631. The fourth-order valence-electron chi connectivity index (χ4n) is 2.44. The maximum Gasteiger partial charge on any atom is 0.411 e. The predicted octanol–water partition coefficient (Wildman–Crippen LogP) is 1.86. The molecule has 1 amide bonds. The van der Waals surface area contributed by atoms with E-state index >= 15 is 0 Å². The standard InChI is InChI=1S/C12H19NO4/c1-12(2,3)17-11(16)13-8(10(14)15)5-4-7-6-9(7)13/h7-9H,4-6H2,1-3H3,(H,14,15). The zero-order valence-corrected chi connectivity index (χ0v) is 10.5. The van der Waals surface area contributed by atoms with Crippen LogP contribution < -0.4 is 0 Å². The van der Waals surface area contributed by atoms with Gasteiger partial charge < -0.3 is 9.84 Å². The Bertz CT molecular complexity index is 347. The highest BCUT2D eigenvalue weighted by atomic mass is 16.6. The van der Waals surface area contributed by atoms with Gasteiger partial charge in [0.15, 0.2) is 0 Å². The van der Waals surface area contributed by atoms with Crippen molar-refractivity contribution in [2.75, 3.05) is 0 Å². The molecule has 2 aliphatic rings. The van der Waals surface area contributed by atoms with E-state index in [2.05, 4.69) is 0 Å². The Morgan fingerprint density at radius 2 is 1.94 bits per heavy atom. The average Bonchev–Trinajstić information content (AvgIpc) is 2.90. The van der Waals surface area contributed by atoms with Gasteiger partial charge in [0.25, 0.3) is 0 Å². The lowest BCUT2D eigenvalue weighted by atomic mass is 10.0. The van der Waals surface area contributed by atoms with Gasteiger partial charge in [-0.05, 0) is 46.0 Å². The summed E-state index contributed by atoms with van der Waals surface area (Å²) >= 11 is 0. The minimum absolute atomic E-state index is 0.0831. The molecule has 3 atom stereocenters. The Kier molecular flexibility index (Phi) is 2.79. The summed E-state index contributed by atoms with van der Waals surface area (Å²) in [5, 5.41) is 9.14. The van der Waals surface area contributed by atoms with Crippen LogP contribution in [-0.2, 0) is 9.53 Å². The number of aliphatic carboxylic acids is 1. The third-order valence-corrected chi connectivity index (χ3v) is 3.28. The minimum atomic E-state index is -0.929. The van der Waals surface area contributed by atoms with Crippen molar-refractivity contribution in [2.24, 2.45) is 5.92 Å². The molecule has 0 aromatic heterocycles. The highest BCUT2D eigenvalue weighted by Gasteiger charge is 2.53. The number of carbonyl (C=O) groups excluding carboxylic acids is 1. The van der Waals surface area contributed by atoms with Crippen molar-refractivity contribution in [3.63, 3.8) is 0 Å². The van der Waals surface area contributed by atoms with E-state index in [1.54, 1.807) is 20.8 Å². The molecule has 1 N–H and O–H groups in total. The van der Waals surface area contributed by atoms with Crippen LogP contribution in [-0.4, -0.2) is 39.8 Å². The van der Waals surface area contributed by atoms with E-state index in [1.165, 1.54) is 4.90 Å². The zero-order chi connectivity index (χ0) is 12.8. The number of piperidine rings is 1. The molecular formula is C12H19NO4. The molecule has 2 fully saturated rings. The lowest BCUT2D eigenvalue weighted by Gasteiger charge is -2.34. The second-order valence-corrected chi connectivity index (χ2v) is 5.88. The monoisotopic (exact) mass is 241 g/mol. The molecule has 1 aliphatic carbocycles. The maximum absolute atomic E-state index is 12.0. The van der Waals surface area contributed by atoms with Crippen LogP contribution in [0.4, 0.5) is 4.79 Å². The number of hydrogen-bond acceptors (Lipinski definition) is 3. The first-order valence-corrected chi connectivity index (χ1v) is 6.04. The number of ether oxygens (including phenoxy) is 1. The molecule has 0 bridgehead atoms. The smallest absolute Gasteiger partial charge is 0.411 e. The Morgan fingerprint density at radius 1 is 1.29 bits per heavy atom. The van der Waals surface area contributed by atoms with Gasteiger partial charge in [0.2, 0.25) is 0 Å². The molecule has 3 unspecified atom stereocenters. The normalized spacial score (nSPS) is 31.7. The molecule has 0 aromatic carbocycles. The van der Waals surface area contributed by atoms with Crippen molar-refractivity contribution in [2.45, 2.75) is 57.7 Å². The van der Waals surface area contributed by atoms with E-state index in [-0.39, 0.29) is 6.04 Å². The predicted molar refractivity (Wildman–Crippen MR) is 60.6 cm³/mol. The third kappa shape index (κ3) is 2.53. The maximum atomic E-state index is 12.0. The highest BCUT2D eigenvalue weighted by Crippen LogP contribution is 2.45. The van der Waals surface area contributed by atoms with Crippen molar-refractivity contribution in [1.29, 1.82) is 0 Å². The molecule has 96 valence electrons. The second-order valence-electron chi connectivity index (χ2n) is 5.88. The van der Waals surface area contributed by atoms with E-state index in [4.69, 9.17) is 9.84 Å². The van der Waals surface area contributed by atoms with Gasteiger partial charge in [-0.3, -0.25) is 4.90 Å². The molecule has 0 spiro atoms. The quantitative estimate of drug-likeness (QED) is 0.761. The van der Waals surface area contributed by atoms with Crippen LogP contribution >= 0.6 is 0 Å². The largest absolute Gasteiger partial charge is 0.480 e. The number of hydrogen-bond donors (Lipinski definition) is 1. The molecular weight excluding hydrogens is 222 g/mol. The molecule has 1 saturated heterocycles. The van der Waals surface area contributed by atoms with E-state index in [0.717, 1.165) is 12.8 Å². The Morgan fingerprint density at radius 3 is 2.47 bits per heavy atom. The molecule has 2 rings (SSSR count). The number of carboxylic acids is 1. The highest BCUT2D eigenvalue weighted by molar-refractivity contribution is 5.81. The topological polar surface area (TPSA) is 66.8 Å². The Hall–Kier alpha value is -1.26. The summed E-state index contributed by atoms with van der Waals surface area (Å²) in [5.41, 5.74) is -0.581. The van der Waals surface area contributed by atoms with Gasteiger partial charge in [0, 0.05) is 6.04 Å². The van der Waals surface area contributed by atoms with Crippen molar-refractivity contribution >= 4 is 12.1 Å². The van der Waals surface area contributed by atoms with Crippen molar-refractivity contribution in [1.82, 2.24) is 4.90 Å². The lowest BCUT2D eigenvalue weighted by Crippen LogP contribution is -2.50. The van der Waals surface area contributed by atoms with Gasteiger partial charge in [0.1, 0.15) is 11.6 Å². The SMILES string of the molecule is CC(C)(C)OC(=O)N1C(C(=O)O)CCC2CC21. The number of carboxylic acid groups (broad SMARTS) is 1. The van der Waals surface area contributed by atoms with Gasteiger partial charge in [0.05, 0.1) is 0 Å². The second kappa shape index (κ2) is 3.89. The summed E-state index contributed by atoms with van der Waals surface area (Å²) in [7, 11) is 0. The summed E-state index contributed by atoms with van der Waals surface area (Å²) in [6.45, 7) is 5.36. The Balaban J connectivity index is 2.10. The molecule has 1 aliphatic heterocycles. The first-order valence-electron chi connectivity index (χ1n) is 6.04. The minimum Gasteiger partial charge on any atom is -0.480 e. The van der Waals surface area contributed by atoms with Crippen LogP contribution in [0.5, 0.6) is 0 Å². The van der Waals surface area contributed by atoms with Crippen LogP contribution in [0.2, 0.25) is 0 Å². The lowest BCUT2D eigenvalue weighted by molar-refractivity contribution is -0.144. The first kappa shape index (κ1) is 12.2. The van der Waals surface area contributed by atoms with E-state index < -0.39 is 23.7 Å². The fourth-order valence-corrected chi connectivity index (χ4v) is 2.44. The number of carbonyl (C=O) groups is 2. The average molecular weight is 241 g/mol. The number of likely N-dealkylation sites (tertiary alicyclic amines) is 1. The molecule has 5 nitrogen and oxygen atoms in total. The van der Waals surface area contributed by atoms with Crippen LogP contribution in [0, 0.1) is 5.92 Å². The van der Waals surface area contributed by atoms with Crippen molar-refractivity contribution in [3.8, 4) is 0 Å². The first-order chi connectivity index (χ1) is 7.79. The zero-order valence-electron chi connectivity index (χ0n) is 10.5. The molecule has 0 radical (unpaired) electrons. The number of nitrogens with zero attached hydrogens (tertiary/aromatic N) is 1. The molecule has 1 heterocycles. The number of rotatable bonds is 1. The fraction of sp³-hybridized carbons (Fsp3) is 0.833. The van der Waals surface area contributed by atoms with Gasteiger partial charge in [-0.2, -0.15) is 0 Å². The molecule has 17 heavy (non-hydrogen) atoms. The van der Waals surface area contributed by atoms with Gasteiger partial charge in [-0.1, -0.05) is 0 Å². The number of amides is 1. The molecule has 0 aromatic rings. The number of fused-ring (bicyclic) bond motifs is 1. The molecule has 5 heteroatoms. The van der Waals surface area contributed by atoms with Crippen molar-refractivity contribution in [3.05, 3.63) is 0 Å². The van der Waals surface area contributed by atoms with Crippen LogP contribution in [0.1, 0.15) is 40.0 Å². The third-order valence-electron chi connectivity index (χ3n) is 3.28. The van der Waals surface area contributed by atoms with Crippen molar-refractivity contribution < 1.29 is 19.4 Å².